The quantitative estimate of drug-likeness (QED) is 0.764. The van der Waals surface area contributed by atoms with Crippen LogP contribution in [0.25, 0.3) is 0 Å². The maximum absolute atomic E-state index is 12.3. The number of aromatic hydroxyl groups is 1. The summed E-state index contributed by atoms with van der Waals surface area (Å²) in [5.41, 5.74) is 0.227. The average molecular weight is 306 g/mol. The first-order valence-corrected chi connectivity index (χ1v) is 7.31. The van der Waals surface area contributed by atoms with Gasteiger partial charge in [-0.05, 0) is 24.3 Å². The number of carboxylic acid groups (broad SMARTS) is 1. The molecule has 1 aromatic heterocycles. The van der Waals surface area contributed by atoms with Gasteiger partial charge in [-0.2, -0.15) is 0 Å². The third kappa shape index (κ3) is 4.13. The van der Waals surface area contributed by atoms with Crippen LogP contribution in [0.3, 0.4) is 0 Å². The number of carbonyl (C=O) groups excluding carboxylic acids is 1. The van der Waals surface area contributed by atoms with Crippen LogP contribution >= 0.6 is 11.8 Å². The lowest BCUT2D eigenvalue weighted by Crippen LogP contribution is -2.08. The lowest BCUT2D eigenvalue weighted by Gasteiger charge is -2.13. The van der Waals surface area contributed by atoms with E-state index in [1.807, 2.05) is 0 Å². The summed E-state index contributed by atoms with van der Waals surface area (Å²) in [5, 5.41) is 18.1. The molecule has 21 heavy (non-hydrogen) atoms. The number of ketones is 1. The summed E-state index contributed by atoms with van der Waals surface area (Å²) in [5.74, 6) is -0.868. The maximum Gasteiger partial charge on any atom is 0.313 e. The molecule has 2 N–H and O–H groups in total. The minimum Gasteiger partial charge on any atom is -0.507 e. The number of hydrogen-bond donors (Lipinski definition) is 2. The van der Waals surface area contributed by atoms with E-state index in [1.165, 1.54) is 12.3 Å². The Balaban J connectivity index is 2.13. The summed E-state index contributed by atoms with van der Waals surface area (Å²) in [7, 11) is 0. The molecular formula is C15H14O5S. The van der Waals surface area contributed by atoms with Crippen LogP contribution in [0, 0.1) is 0 Å². The normalized spacial score (nSPS) is 12.0. The molecule has 0 spiro atoms. The largest absolute Gasteiger partial charge is 0.507 e. The average Bonchev–Trinajstić information content (AvgIpc) is 2.97. The third-order valence-corrected chi connectivity index (χ3v) is 4.06. The van der Waals surface area contributed by atoms with Gasteiger partial charge in [-0.15, -0.1) is 11.8 Å². The van der Waals surface area contributed by atoms with E-state index in [9.17, 15) is 14.7 Å². The van der Waals surface area contributed by atoms with Crippen molar-refractivity contribution in [3.8, 4) is 5.75 Å². The van der Waals surface area contributed by atoms with Crippen molar-refractivity contribution in [1.82, 2.24) is 0 Å². The van der Waals surface area contributed by atoms with Gasteiger partial charge in [0.05, 0.1) is 22.8 Å². The number of carbonyl (C=O) groups is 2. The Bertz CT molecular complexity index is 621. The number of phenolic OH excluding ortho intramolecular Hbond substituents is 1. The minimum absolute atomic E-state index is 0.0586. The maximum atomic E-state index is 12.3. The van der Waals surface area contributed by atoms with Gasteiger partial charge in [0.1, 0.15) is 11.5 Å². The number of aliphatic carboxylic acids is 1. The number of benzene rings is 1. The first kappa shape index (κ1) is 15.2. The zero-order valence-electron chi connectivity index (χ0n) is 11.1. The van der Waals surface area contributed by atoms with E-state index in [1.54, 1.807) is 30.3 Å². The molecule has 0 amide bonds. The standard InChI is InChI=1S/C15H14O5S/c16-11-5-2-1-4-10(11)12(17)8-14(21-9-15(18)19)13-6-3-7-20-13/h1-7,14,16H,8-9H2,(H,18,19). The lowest BCUT2D eigenvalue weighted by atomic mass is 10.0. The predicted molar refractivity (Wildman–Crippen MR) is 78.6 cm³/mol. The van der Waals surface area contributed by atoms with E-state index in [2.05, 4.69) is 0 Å². The number of carboxylic acids is 1. The molecule has 0 saturated heterocycles. The Morgan fingerprint density at radius 3 is 2.57 bits per heavy atom. The molecule has 0 bridgehead atoms. The van der Waals surface area contributed by atoms with E-state index in [0.29, 0.717) is 5.76 Å². The second-order valence-corrected chi connectivity index (χ2v) is 5.54. The Kier molecular flexibility index (Phi) is 5.05. The summed E-state index contributed by atoms with van der Waals surface area (Å²) in [4.78, 5) is 23.0. The molecule has 1 aromatic carbocycles. The molecule has 0 radical (unpaired) electrons. The predicted octanol–water partition coefficient (Wildman–Crippen LogP) is 3.12. The molecule has 2 aromatic rings. The number of phenols is 1. The fourth-order valence-electron chi connectivity index (χ4n) is 1.88. The van der Waals surface area contributed by atoms with Crippen molar-refractivity contribution in [3.63, 3.8) is 0 Å². The number of Topliss-reactive ketones (excluding diaryl/α,β-unsaturated/α-hetero) is 1. The SMILES string of the molecule is O=C(O)CSC(CC(=O)c1ccccc1O)c1ccco1. The topological polar surface area (TPSA) is 87.7 Å². The fraction of sp³-hybridized carbons (Fsp3) is 0.200. The highest BCUT2D eigenvalue weighted by Crippen LogP contribution is 2.34. The molecule has 5 nitrogen and oxygen atoms in total. The van der Waals surface area contributed by atoms with Crippen molar-refractivity contribution in [2.45, 2.75) is 11.7 Å². The van der Waals surface area contributed by atoms with Crippen molar-refractivity contribution in [2.75, 3.05) is 5.75 Å². The van der Waals surface area contributed by atoms with Gasteiger partial charge < -0.3 is 14.6 Å². The fourth-order valence-corrected chi connectivity index (χ4v) is 2.79. The zero-order valence-corrected chi connectivity index (χ0v) is 11.9. The summed E-state index contributed by atoms with van der Waals surface area (Å²) in [6.45, 7) is 0. The zero-order chi connectivity index (χ0) is 15.2. The number of hydrogen-bond acceptors (Lipinski definition) is 5. The van der Waals surface area contributed by atoms with Crippen LogP contribution in [0.2, 0.25) is 0 Å². The van der Waals surface area contributed by atoms with Gasteiger partial charge in [0.15, 0.2) is 5.78 Å². The van der Waals surface area contributed by atoms with Crippen LogP contribution in [-0.2, 0) is 4.79 Å². The molecule has 110 valence electrons. The van der Waals surface area contributed by atoms with Gasteiger partial charge >= 0.3 is 5.97 Å². The van der Waals surface area contributed by atoms with Gasteiger partial charge in [-0.1, -0.05) is 12.1 Å². The van der Waals surface area contributed by atoms with Crippen molar-refractivity contribution < 1.29 is 24.2 Å². The van der Waals surface area contributed by atoms with Crippen molar-refractivity contribution in [2.24, 2.45) is 0 Å². The van der Waals surface area contributed by atoms with E-state index < -0.39 is 11.2 Å². The van der Waals surface area contributed by atoms with Crippen LogP contribution in [0.5, 0.6) is 5.75 Å². The monoisotopic (exact) mass is 306 g/mol. The molecule has 6 heteroatoms. The second kappa shape index (κ2) is 6.99. The molecule has 1 unspecified atom stereocenters. The van der Waals surface area contributed by atoms with Crippen molar-refractivity contribution in [3.05, 3.63) is 54.0 Å². The van der Waals surface area contributed by atoms with Crippen LogP contribution in [-0.4, -0.2) is 27.7 Å². The van der Waals surface area contributed by atoms with E-state index in [4.69, 9.17) is 9.52 Å². The second-order valence-electron chi connectivity index (χ2n) is 4.35. The van der Waals surface area contributed by atoms with Crippen molar-refractivity contribution in [1.29, 1.82) is 0 Å². The molecule has 0 aliphatic carbocycles. The Labute approximate surface area is 125 Å². The molecule has 2 rings (SSSR count). The van der Waals surface area contributed by atoms with Gasteiger partial charge in [-0.3, -0.25) is 9.59 Å². The highest BCUT2D eigenvalue weighted by molar-refractivity contribution is 8.00. The Morgan fingerprint density at radius 2 is 1.95 bits per heavy atom. The highest BCUT2D eigenvalue weighted by Gasteiger charge is 2.22. The van der Waals surface area contributed by atoms with Gasteiger partial charge in [0, 0.05) is 6.42 Å². The van der Waals surface area contributed by atoms with Crippen LogP contribution in [0.4, 0.5) is 0 Å². The van der Waals surface area contributed by atoms with Crippen LogP contribution in [0.15, 0.2) is 47.1 Å². The smallest absolute Gasteiger partial charge is 0.313 e. The summed E-state index contributed by atoms with van der Waals surface area (Å²) in [6.07, 6.45) is 1.54. The van der Waals surface area contributed by atoms with Crippen LogP contribution in [0.1, 0.15) is 27.8 Å². The minimum atomic E-state index is -0.952. The first-order valence-electron chi connectivity index (χ1n) is 6.26. The Morgan fingerprint density at radius 1 is 1.19 bits per heavy atom. The molecule has 1 heterocycles. The van der Waals surface area contributed by atoms with Gasteiger partial charge in [0.2, 0.25) is 0 Å². The third-order valence-electron chi connectivity index (χ3n) is 2.84. The summed E-state index contributed by atoms with van der Waals surface area (Å²) >= 11 is 1.12. The lowest BCUT2D eigenvalue weighted by molar-refractivity contribution is -0.133. The molecule has 0 saturated carbocycles. The molecule has 1 atom stereocenters. The van der Waals surface area contributed by atoms with Gasteiger partial charge in [0.25, 0.3) is 0 Å². The summed E-state index contributed by atoms with van der Waals surface area (Å²) in [6, 6.07) is 9.68. The Hall–Kier alpha value is -2.21. The molecule has 0 aliphatic rings. The number of rotatable bonds is 7. The number of para-hydroxylation sites is 1. The van der Waals surface area contributed by atoms with E-state index in [-0.39, 0.29) is 29.3 Å². The molecule has 0 aliphatic heterocycles. The van der Waals surface area contributed by atoms with E-state index >= 15 is 0 Å². The first-order chi connectivity index (χ1) is 10.1. The molecule has 0 fully saturated rings. The number of furan rings is 1. The van der Waals surface area contributed by atoms with Gasteiger partial charge in [-0.25, -0.2) is 0 Å². The highest BCUT2D eigenvalue weighted by atomic mass is 32.2. The molecular weight excluding hydrogens is 292 g/mol. The van der Waals surface area contributed by atoms with Crippen molar-refractivity contribution >= 4 is 23.5 Å². The van der Waals surface area contributed by atoms with Crippen LogP contribution < -0.4 is 0 Å². The van der Waals surface area contributed by atoms with E-state index in [0.717, 1.165) is 11.8 Å². The summed E-state index contributed by atoms with van der Waals surface area (Å²) < 4.78 is 5.27. The number of thioether (sulfide) groups is 1.